The number of nitrogens with one attached hydrogen (secondary N) is 4. The van der Waals surface area contributed by atoms with Crippen molar-refractivity contribution in [3.05, 3.63) is 0 Å². The first-order chi connectivity index (χ1) is 15.3. The SMILES string of the molecule is CC(C)[C@H](NC(=O)CCC(=O)O)C(=O)NCCCNC(=O)[C@@H](NC(=O)CCC(=O)O)C(C)C. The Hall–Kier alpha value is -3.18. The van der Waals surface area contributed by atoms with Crippen molar-refractivity contribution in [2.75, 3.05) is 13.1 Å². The molecule has 4 amide bonds. The highest BCUT2D eigenvalue weighted by Crippen LogP contribution is 2.04. The lowest BCUT2D eigenvalue weighted by Crippen LogP contribution is -2.51. The number of carbonyl (C=O) groups excluding carboxylic acids is 4. The van der Waals surface area contributed by atoms with Crippen molar-refractivity contribution in [3.8, 4) is 0 Å². The summed E-state index contributed by atoms with van der Waals surface area (Å²) in [5.41, 5.74) is 0. The monoisotopic (exact) mass is 472 g/mol. The fourth-order valence-electron chi connectivity index (χ4n) is 2.73. The van der Waals surface area contributed by atoms with E-state index < -0.39 is 47.7 Å². The second-order valence-electron chi connectivity index (χ2n) is 8.30. The summed E-state index contributed by atoms with van der Waals surface area (Å²) in [4.78, 5) is 69.5. The van der Waals surface area contributed by atoms with Crippen LogP contribution in [-0.2, 0) is 28.8 Å². The second-order valence-corrected chi connectivity index (χ2v) is 8.30. The van der Waals surface area contributed by atoms with Crippen molar-refractivity contribution in [3.63, 3.8) is 0 Å². The third kappa shape index (κ3) is 13.8. The minimum absolute atomic E-state index is 0.213. The van der Waals surface area contributed by atoms with Crippen molar-refractivity contribution in [1.82, 2.24) is 21.3 Å². The van der Waals surface area contributed by atoms with Crippen LogP contribution >= 0.6 is 0 Å². The van der Waals surface area contributed by atoms with Gasteiger partial charge in [-0.2, -0.15) is 0 Å². The Bertz CT molecular complexity index is 650. The molecule has 0 bridgehead atoms. The summed E-state index contributed by atoms with van der Waals surface area (Å²) in [6.45, 7) is 7.45. The van der Waals surface area contributed by atoms with Crippen molar-refractivity contribution in [2.45, 2.75) is 71.9 Å². The summed E-state index contributed by atoms with van der Waals surface area (Å²) in [5, 5.41) is 27.7. The molecule has 0 heterocycles. The molecule has 6 N–H and O–H groups in total. The maximum absolute atomic E-state index is 12.4. The zero-order valence-electron chi connectivity index (χ0n) is 19.6. The zero-order valence-corrected chi connectivity index (χ0v) is 19.6. The zero-order chi connectivity index (χ0) is 25.6. The minimum atomic E-state index is -1.10. The van der Waals surface area contributed by atoms with Gasteiger partial charge in [-0.1, -0.05) is 27.7 Å². The first-order valence-corrected chi connectivity index (χ1v) is 10.9. The van der Waals surface area contributed by atoms with E-state index in [1.165, 1.54) is 0 Å². The van der Waals surface area contributed by atoms with Gasteiger partial charge in [0.2, 0.25) is 23.6 Å². The van der Waals surface area contributed by atoms with Crippen LogP contribution in [0.1, 0.15) is 59.8 Å². The summed E-state index contributed by atoms with van der Waals surface area (Å²) in [7, 11) is 0. The van der Waals surface area contributed by atoms with Crippen LogP contribution in [0.15, 0.2) is 0 Å². The van der Waals surface area contributed by atoms with E-state index >= 15 is 0 Å². The fraction of sp³-hybridized carbons (Fsp3) is 0.714. The minimum Gasteiger partial charge on any atom is -0.481 e. The molecule has 2 atom stereocenters. The summed E-state index contributed by atoms with van der Waals surface area (Å²) >= 11 is 0. The van der Waals surface area contributed by atoms with Gasteiger partial charge in [0, 0.05) is 25.9 Å². The molecular formula is C21H36N4O8. The molecule has 12 heteroatoms. The lowest BCUT2D eigenvalue weighted by molar-refractivity contribution is -0.139. The van der Waals surface area contributed by atoms with Crippen molar-refractivity contribution < 1.29 is 39.0 Å². The van der Waals surface area contributed by atoms with E-state index in [2.05, 4.69) is 21.3 Å². The van der Waals surface area contributed by atoms with Crippen LogP contribution in [0.4, 0.5) is 0 Å². The van der Waals surface area contributed by atoms with Crippen molar-refractivity contribution in [1.29, 1.82) is 0 Å². The van der Waals surface area contributed by atoms with Crippen LogP contribution in [0.5, 0.6) is 0 Å². The standard InChI is InChI=1S/C21H36N4O8/c1-12(2)18(24-14(26)6-8-16(28)29)20(32)22-10-5-11-23-21(33)19(13(3)4)25-15(27)7-9-17(30)31/h12-13,18-19H,5-11H2,1-4H3,(H,22,32)(H,23,33)(H,24,26)(H,25,27)(H,28,29)(H,30,31)/t18-,19-/m0/s1. The second kappa shape index (κ2) is 15.6. The molecule has 0 aliphatic heterocycles. The van der Waals surface area contributed by atoms with Gasteiger partial charge in [0.15, 0.2) is 0 Å². The summed E-state index contributed by atoms with van der Waals surface area (Å²) in [5.74, 6) is -4.50. The van der Waals surface area contributed by atoms with E-state index in [-0.39, 0.29) is 50.6 Å². The molecule has 0 aliphatic rings. The lowest BCUT2D eigenvalue weighted by Gasteiger charge is -2.22. The number of carbonyl (C=O) groups is 6. The Morgan fingerprint density at radius 2 is 0.939 bits per heavy atom. The summed E-state index contributed by atoms with van der Waals surface area (Å²) in [6.07, 6.45) is -0.693. The predicted molar refractivity (Wildman–Crippen MR) is 118 cm³/mol. The molecule has 0 rings (SSSR count). The maximum atomic E-state index is 12.4. The van der Waals surface area contributed by atoms with Crippen LogP contribution in [0.3, 0.4) is 0 Å². The first-order valence-electron chi connectivity index (χ1n) is 10.9. The molecule has 0 saturated carbocycles. The number of aliphatic carboxylic acids is 2. The molecule has 0 aromatic rings. The molecule has 33 heavy (non-hydrogen) atoms. The van der Waals surface area contributed by atoms with Crippen LogP contribution < -0.4 is 21.3 Å². The molecule has 12 nitrogen and oxygen atoms in total. The van der Waals surface area contributed by atoms with Gasteiger partial charge in [0.25, 0.3) is 0 Å². The Balaban J connectivity index is 4.46. The van der Waals surface area contributed by atoms with Crippen LogP contribution in [-0.4, -0.2) is 71.0 Å². The Labute approximate surface area is 193 Å². The third-order valence-electron chi connectivity index (χ3n) is 4.62. The smallest absolute Gasteiger partial charge is 0.303 e. The number of amides is 4. The Morgan fingerprint density at radius 3 is 1.21 bits per heavy atom. The Kier molecular flexibility index (Phi) is 14.1. The van der Waals surface area contributed by atoms with Gasteiger partial charge >= 0.3 is 11.9 Å². The molecule has 0 fully saturated rings. The largest absolute Gasteiger partial charge is 0.481 e. The average Bonchev–Trinajstić information content (AvgIpc) is 2.71. The highest BCUT2D eigenvalue weighted by Gasteiger charge is 2.25. The van der Waals surface area contributed by atoms with E-state index in [4.69, 9.17) is 10.2 Å². The molecule has 0 spiro atoms. The highest BCUT2D eigenvalue weighted by atomic mass is 16.4. The van der Waals surface area contributed by atoms with E-state index in [1.807, 2.05) is 0 Å². The van der Waals surface area contributed by atoms with Gasteiger partial charge < -0.3 is 31.5 Å². The molecule has 188 valence electrons. The van der Waals surface area contributed by atoms with Crippen molar-refractivity contribution in [2.24, 2.45) is 11.8 Å². The van der Waals surface area contributed by atoms with Crippen LogP contribution in [0, 0.1) is 11.8 Å². The van der Waals surface area contributed by atoms with E-state index in [1.54, 1.807) is 27.7 Å². The van der Waals surface area contributed by atoms with E-state index in [9.17, 15) is 28.8 Å². The molecule has 0 aromatic heterocycles. The quantitative estimate of drug-likeness (QED) is 0.164. The van der Waals surface area contributed by atoms with Gasteiger partial charge in [-0.05, 0) is 18.3 Å². The molecule has 0 aromatic carbocycles. The van der Waals surface area contributed by atoms with Crippen molar-refractivity contribution >= 4 is 35.6 Å². The molecule has 0 saturated heterocycles. The molecular weight excluding hydrogens is 436 g/mol. The summed E-state index contributed by atoms with van der Waals surface area (Å²) < 4.78 is 0. The highest BCUT2D eigenvalue weighted by molar-refractivity contribution is 5.89. The van der Waals surface area contributed by atoms with E-state index in [0.29, 0.717) is 6.42 Å². The average molecular weight is 473 g/mol. The van der Waals surface area contributed by atoms with Crippen LogP contribution in [0.2, 0.25) is 0 Å². The van der Waals surface area contributed by atoms with Gasteiger partial charge in [-0.15, -0.1) is 0 Å². The molecule has 0 unspecified atom stereocenters. The Morgan fingerprint density at radius 1 is 0.606 bits per heavy atom. The number of hydrogen-bond donors (Lipinski definition) is 6. The van der Waals surface area contributed by atoms with Gasteiger partial charge in [0.1, 0.15) is 12.1 Å². The normalized spacial score (nSPS) is 12.5. The number of rotatable bonds is 16. The molecule has 0 radical (unpaired) electrons. The molecule has 0 aliphatic carbocycles. The van der Waals surface area contributed by atoms with E-state index in [0.717, 1.165) is 0 Å². The third-order valence-corrected chi connectivity index (χ3v) is 4.62. The lowest BCUT2D eigenvalue weighted by atomic mass is 10.0. The number of hydrogen-bond acceptors (Lipinski definition) is 6. The first kappa shape index (κ1) is 29.8. The van der Waals surface area contributed by atoms with Gasteiger partial charge in [-0.3, -0.25) is 28.8 Å². The van der Waals surface area contributed by atoms with Crippen LogP contribution in [0.25, 0.3) is 0 Å². The number of carboxylic acids is 2. The fourth-order valence-corrected chi connectivity index (χ4v) is 2.73. The van der Waals surface area contributed by atoms with Gasteiger partial charge in [0.05, 0.1) is 12.8 Å². The predicted octanol–water partition coefficient (Wildman–Crippen LogP) is -0.380. The topological polar surface area (TPSA) is 191 Å². The van der Waals surface area contributed by atoms with Gasteiger partial charge in [-0.25, -0.2) is 0 Å². The maximum Gasteiger partial charge on any atom is 0.303 e. The number of carboxylic acid groups (broad SMARTS) is 2. The summed E-state index contributed by atoms with van der Waals surface area (Å²) in [6, 6.07) is -1.63.